The molecule has 0 saturated heterocycles. The number of tetrazole rings is 1. The molecule has 0 atom stereocenters. The van der Waals surface area contributed by atoms with Gasteiger partial charge in [0.2, 0.25) is 10.0 Å². The highest BCUT2D eigenvalue weighted by Crippen LogP contribution is 2.16. The van der Waals surface area contributed by atoms with Crippen LogP contribution in [0.5, 0.6) is 0 Å². The van der Waals surface area contributed by atoms with E-state index in [2.05, 4.69) is 20.2 Å². The lowest BCUT2D eigenvalue weighted by Crippen LogP contribution is -2.26. The van der Waals surface area contributed by atoms with Crippen molar-refractivity contribution < 1.29 is 21.6 Å². The largest absolute Gasteiger partial charge is 0.243 e. The minimum atomic E-state index is -4.27. The van der Waals surface area contributed by atoms with E-state index in [0.717, 1.165) is 22.9 Å². The molecule has 0 aliphatic carbocycles. The van der Waals surface area contributed by atoms with Gasteiger partial charge in [-0.15, -0.1) is 5.10 Å². The number of aromatic nitrogens is 4. The Hall–Kier alpha value is -2.79. The first-order valence-corrected chi connectivity index (χ1v) is 8.33. The van der Waals surface area contributed by atoms with Crippen molar-refractivity contribution in [2.45, 2.75) is 11.4 Å². The Balaban J connectivity index is 1.84. The zero-order valence-electron chi connectivity index (χ0n) is 12.4. The van der Waals surface area contributed by atoms with Gasteiger partial charge in [0, 0.05) is 6.07 Å². The average Bonchev–Trinajstić information content (AvgIpc) is 3.01. The van der Waals surface area contributed by atoms with E-state index in [9.17, 15) is 21.6 Å². The first-order valence-electron chi connectivity index (χ1n) is 6.85. The summed E-state index contributed by atoms with van der Waals surface area (Å²) in [6.07, 6.45) is 0. The molecular weight excluding hydrogens is 359 g/mol. The third-order valence-corrected chi connectivity index (χ3v) is 4.63. The number of sulfonamides is 1. The minimum absolute atomic E-state index is 0.0525. The Morgan fingerprint density at radius 3 is 2.52 bits per heavy atom. The van der Waals surface area contributed by atoms with Gasteiger partial charge in [0.1, 0.15) is 22.3 Å². The van der Waals surface area contributed by atoms with Gasteiger partial charge in [-0.2, -0.15) is 4.68 Å². The van der Waals surface area contributed by atoms with E-state index < -0.39 is 32.4 Å². The SMILES string of the molecule is O=S(=O)(NCc1nnnn1-c1cccc(F)c1)c1ccc(F)cc1F. The highest BCUT2D eigenvalue weighted by Gasteiger charge is 2.21. The van der Waals surface area contributed by atoms with Crippen LogP contribution in [0.3, 0.4) is 0 Å². The predicted octanol–water partition coefficient (Wildman–Crippen LogP) is 1.56. The van der Waals surface area contributed by atoms with Gasteiger partial charge in [0.15, 0.2) is 5.82 Å². The summed E-state index contributed by atoms with van der Waals surface area (Å²) in [4.78, 5) is -0.710. The number of nitrogens with zero attached hydrogens (tertiary/aromatic N) is 4. The van der Waals surface area contributed by atoms with E-state index in [1.807, 2.05) is 0 Å². The van der Waals surface area contributed by atoms with E-state index in [1.54, 1.807) is 0 Å². The molecule has 130 valence electrons. The van der Waals surface area contributed by atoms with Crippen LogP contribution in [0.2, 0.25) is 0 Å². The topological polar surface area (TPSA) is 89.8 Å². The quantitative estimate of drug-likeness (QED) is 0.737. The molecule has 0 radical (unpaired) electrons. The molecule has 1 heterocycles. The first kappa shape index (κ1) is 17.0. The Kier molecular flexibility index (Phi) is 4.51. The molecule has 0 aliphatic heterocycles. The maximum atomic E-state index is 13.7. The van der Waals surface area contributed by atoms with Crippen LogP contribution in [0.4, 0.5) is 13.2 Å². The van der Waals surface area contributed by atoms with Crippen LogP contribution in [0, 0.1) is 17.5 Å². The third kappa shape index (κ3) is 3.67. The summed E-state index contributed by atoms with van der Waals surface area (Å²) in [6.45, 7) is -0.386. The van der Waals surface area contributed by atoms with Crippen LogP contribution in [0.25, 0.3) is 5.69 Å². The van der Waals surface area contributed by atoms with Crippen molar-refractivity contribution in [3.05, 3.63) is 65.7 Å². The van der Waals surface area contributed by atoms with Gasteiger partial charge in [-0.1, -0.05) is 6.07 Å². The number of hydrogen-bond donors (Lipinski definition) is 1. The van der Waals surface area contributed by atoms with Gasteiger partial charge >= 0.3 is 0 Å². The van der Waals surface area contributed by atoms with E-state index in [-0.39, 0.29) is 18.1 Å². The fraction of sp³-hybridized carbons (Fsp3) is 0.0714. The Morgan fingerprint density at radius 2 is 1.80 bits per heavy atom. The normalized spacial score (nSPS) is 11.6. The summed E-state index contributed by atoms with van der Waals surface area (Å²) in [7, 11) is -4.27. The summed E-state index contributed by atoms with van der Waals surface area (Å²) in [5.41, 5.74) is 0.284. The standard InChI is InChI=1S/C14H10F3N5O2S/c15-9-2-1-3-11(6-9)22-14(19-20-21-22)8-18-25(23,24)13-5-4-10(16)7-12(13)17/h1-7,18H,8H2. The first-order chi connectivity index (χ1) is 11.9. The number of halogens is 3. The summed E-state index contributed by atoms with van der Waals surface area (Å²) in [6, 6.07) is 7.45. The van der Waals surface area contributed by atoms with Crippen molar-refractivity contribution >= 4 is 10.0 Å². The van der Waals surface area contributed by atoms with Gasteiger partial charge in [-0.25, -0.2) is 26.3 Å². The fourth-order valence-corrected chi connectivity index (χ4v) is 3.09. The Labute approximate surface area is 140 Å². The van der Waals surface area contributed by atoms with Crippen molar-refractivity contribution in [3.63, 3.8) is 0 Å². The smallest absolute Gasteiger partial charge is 0.207 e. The maximum Gasteiger partial charge on any atom is 0.243 e. The molecule has 1 N–H and O–H groups in total. The van der Waals surface area contributed by atoms with Crippen LogP contribution in [-0.4, -0.2) is 28.6 Å². The van der Waals surface area contributed by atoms with Crippen molar-refractivity contribution in [2.75, 3.05) is 0 Å². The molecule has 11 heteroatoms. The molecule has 25 heavy (non-hydrogen) atoms. The third-order valence-electron chi connectivity index (χ3n) is 3.19. The van der Waals surface area contributed by atoms with Gasteiger partial charge in [0.05, 0.1) is 12.2 Å². The van der Waals surface area contributed by atoms with E-state index in [4.69, 9.17) is 0 Å². The zero-order chi connectivity index (χ0) is 18.0. The molecule has 0 unspecified atom stereocenters. The van der Waals surface area contributed by atoms with Gasteiger partial charge in [-0.3, -0.25) is 0 Å². The second kappa shape index (κ2) is 6.61. The second-order valence-corrected chi connectivity index (χ2v) is 6.62. The number of rotatable bonds is 5. The molecule has 2 aromatic carbocycles. The van der Waals surface area contributed by atoms with Crippen LogP contribution in [0.1, 0.15) is 5.82 Å². The van der Waals surface area contributed by atoms with Crippen LogP contribution < -0.4 is 4.72 Å². The molecule has 1 aromatic heterocycles. The van der Waals surface area contributed by atoms with Crippen molar-refractivity contribution in [1.29, 1.82) is 0 Å². The van der Waals surface area contributed by atoms with Crippen molar-refractivity contribution in [2.24, 2.45) is 0 Å². The van der Waals surface area contributed by atoms with E-state index >= 15 is 0 Å². The molecular formula is C14H10F3N5O2S. The van der Waals surface area contributed by atoms with Crippen LogP contribution in [-0.2, 0) is 16.6 Å². The Bertz CT molecular complexity index is 1020. The second-order valence-electron chi connectivity index (χ2n) is 4.89. The summed E-state index contributed by atoms with van der Waals surface area (Å²) >= 11 is 0. The lowest BCUT2D eigenvalue weighted by Gasteiger charge is -2.08. The molecule has 7 nitrogen and oxygen atoms in total. The molecule has 3 rings (SSSR count). The lowest BCUT2D eigenvalue weighted by atomic mass is 10.3. The monoisotopic (exact) mass is 369 g/mol. The molecule has 0 amide bonds. The number of hydrogen-bond acceptors (Lipinski definition) is 5. The van der Waals surface area contributed by atoms with Crippen molar-refractivity contribution in [3.8, 4) is 5.69 Å². The maximum absolute atomic E-state index is 13.7. The van der Waals surface area contributed by atoms with E-state index in [1.165, 1.54) is 18.2 Å². The van der Waals surface area contributed by atoms with E-state index in [0.29, 0.717) is 6.07 Å². The fourth-order valence-electron chi connectivity index (χ4n) is 2.05. The van der Waals surface area contributed by atoms with Gasteiger partial charge in [0.25, 0.3) is 0 Å². The summed E-state index contributed by atoms with van der Waals surface area (Å²) in [5.74, 6) is -2.59. The highest BCUT2D eigenvalue weighted by molar-refractivity contribution is 7.89. The molecule has 0 bridgehead atoms. The predicted molar refractivity (Wildman–Crippen MR) is 79.5 cm³/mol. The Morgan fingerprint density at radius 1 is 1.04 bits per heavy atom. The van der Waals surface area contributed by atoms with Crippen molar-refractivity contribution in [1.82, 2.24) is 24.9 Å². The number of nitrogens with one attached hydrogen (secondary N) is 1. The molecule has 0 aliphatic rings. The molecule has 0 fully saturated rings. The zero-order valence-corrected chi connectivity index (χ0v) is 13.2. The van der Waals surface area contributed by atoms with Crippen LogP contribution in [0.15, 0.2) is 47.4 Å². The van der Waals surface area contributed by atoms with Gasteiger partial charge < -0.3 is 0 Å². The van der Waals surface area contributed by atoms with Crippen LogP contribution >= 0.6 is 0 Å². The average molecular weight is 369 g/mol. The minimum Gasteiger partial charge on any atom is -0.207 e. The summed E-state index contributed by atoms with van der Waals surface area (Å²) in [5, 5.41) is 10.7. The summed E-state index contributed by atoms with van der Waals surface area (Å²) < 4.78 is 67.4. The molecule has 0 spiro atoms. The number of benzene rings is 2. The molecule has 0 saturated carbocycles. The lowest BCUT2D eigenvalue weighted by molar-refractivity contribution is 0.541. The molecule has 3 aromatic rings. The highest BCUT2D eigenvalue weighted by atomic mass is 32.2. The van der Waals surface area contributed by atoms with Gasteiger partial charge in [-0.05, 0) is 40.8 Å².